The lowest BCUT2D eigenvalue weighted by molar-refractivity contribution is 0.248. The fourth-order valence-electron chi connectivity index (χ4n) is 3.19. The van der Waals surface area contributed by atoms with E-state index in [0.717, 1.165) is 6.54 Å². The van der Waals surface area contributed by atoms with E-state index in [0.29, 0.717) is 0 Å². The molecule has 1 saturated heterocycles. The monoisotopic (exact) mass is 288 g/mol. The second-order valence-electron chi connectivity index (χ2n) is 6.37. The van der Waals surface area contributed by atoms with Gasteiger partial charge in [-0.2, -0.15) is 0 Å². The molecule has 1 aromatic carbocycles. The van der Waals surface area contributed by atoms with E-state index in [9.17, 15) is 0 Å². The molecular weight excluding hydrogens is 256 g/mol. The van der Waals surface area contributed by atoms with Crippen LogP contribution in [0.3, 0.4) is 0 Å². The Morgan fingerprint density at radius 3 is 2.33 bits per heavy atom. The highest BCUT2D eigenvalue weighted by Gasteiger charge is 2.14. The summed E-state index contributed by atoms with van der Waals surface area (Å²) in [6.45, 7) is 9.73. The minimum absolute atomic E-state index is 1.12. The molecule has 0 aliphatic carbocycles. The first-order valence-electron chi connectivity index (χ1n) is 8.87. The summed E-state index contributed by atoms with van der Waals surface area (Å²) in [6.07, 6.45) is 8.30. The summed E-state index contributed by atoms with van der Waals surface area (Å²) in [7, 11) is 0. The highest BCUT2D eigenvalue weighted by atomic mass is 15.2. The Balaban J connectivity index is 1.65. The van der Waals surface area contributed by atoms with Gasteiger partial charge in [0.2, 0.25) is 0 Å². The quantitative estimate of drug-likeness (QED) is 0.663. The highest BCUT2D eigenvalue weighted by molar-refractivity contribution is 5.14. The largest absolute Gasteiger partial charge is 0.302 e. The van der Waals surface area contributed by atoms with Crippen molar-refractivity contribution >= 4 is 0 Å². The van der Waals surface area contributed by atoms with Crippen molar-refractivity contribution in [2.45, 2.75) is 52.0 Å². The van der Waals surface area contributed by atoms with Crippen molar-refractivity contribution in [3.8, 4) is 0 Å². The molecule has 0 amide bonds. The molecule has 0 aromatic heterocycles. The zero-order chi connectivity index (χ0) is 14.8. The van der Waals surface area contributed by atoms with E-state index in [1.165, 1.54) is 76.8 Å². The van der Waals surface area contributed by atoms with Crippen LogP contribution >= 0.6 is 0 Å². The van der Waals surface area contributed by atoms with Crippen LogP contribution < -0.4 is 0 Å². The third kappa shape index (κ3) is 6.62. The number of hydrogen-bond acceptors (Lipinski definition) is 2. The number of nitrogens with zero attached hydrogens (tertiary/aromatic N) is 2. The Labute approximate surface area is 131 Å². The van der Waals surface area contributed by atoms with Crippen LogP contribution in [0.15, 0.2) is 30.3 Å². The molecule has 0 saturated carbocycles. The molecular formula is C19H32N2. The van der Waals surface area contributed by atoms with Crippen LogP contribution in [0.25, 0.3) is 0 Å². The zero-order valence-electron chi connectivity index (χ0n) is 13.8. The van der Waals surface area contributed by atoms with Crippen LogP contribution in [0.2, 0.25) is 0 Å². The molecule has 1 heterocycles. The maximum atomic E-state index is 2.68. The molecule has 0 unspecified atom stereocenters. The number of hydrogen-bond donors (Lipinski definition) is 0. The molecule has 0 bridgehead atoms. The summed E-state index contributed by atoms with van der Waals surface area (Å²) < 4.78 is 0. The van der Waals surface area contributed by atoms with Crippen molar-refractivity contribution in [3.63, 3.8) is 0 Å². The molecule has 1 aromatic rings. The molecule has 0 N–H and O–H groups in total. The molecule has 1 aliphatic rings. The van der Waals surface area contributed by atoms with E-state index < -0.39 is 0 Å². The van der Waals surface area contributed by atoms with Crippen LogP contribution in [-0.2, 0) is 6.54 Å². The molecule has 0 radical (unpaired) electrons. The molecule has 0 spiro atoms. The smallest absolute Gasteiger partial charge is 0.0234 e. The summed E-state index contributed by atoms with van der Waals surface area (Å²) in [4.78, 5) is 5.29. The van der Waals surface area contributed by atoms with Crippen molar-refractivity contribution < 1.29 is 0 Å². The van der Waals surface area contributed by atoms with E-state index in [2.05, 4.69) is 47.1 Å². The topological polar surface area (TPSA) is 6.48 Å². The van der Waals surface area contributed by atoms with Crippen LogP contribution in [0.1, 0.15) is 51.0 Å². The van der Waals surface area contributed by atoms with Crippen molar-refractivity contribution in [2.24, 2.45) is 0 Å². The van der Waals surface area contributed by atoms with Crippen molar-refractivity contribution in [1.29, 1.82) is 0 Å². The van der Waals surface area contributed by atoms with Gasteiger partial charge in [0, 0.05) is 19.6 Å². The lowest BCUT2D eigenvalue weighted by atomic mass is 10.1. The minimum atomic E-state index is 1.12. The molecule has 21 heavy (non-hydrogen) atoms. The predicted molar refractivity (Wildman–Crippen MR) is 91.5 cm³/mol. The van der Waals surface area contributed by atoms with Gasteiger partial charge in [-0.3, -0.25) is 4.90 Å². The van der Waals surface area contributed by atoms with Crippen molar-refractivity contribution in [3.05, 3.63) is 35.9 Å². The van der Waals surface area contributed by atoms with Crippen LogP contribution in [-0.4, -0.2) is 42.5 Å². The first-order valence-corrected chi connectivity index (χ1v) is 8.87. The predicted octanol–water partition coefficient (Wildman–Crippen LogP) is 4.16. The van der Waals surface area contributed by atoms with Gasteiger partial charge >= 0.3 is 0 Å². The molecule has 2 nitrogen and oxygen atoms in total. The summed E-state index contributed by atoms with van der Waals surface area (Å²) >= 11 is 0. The first-order chi connectivity index (χ1) is 10.4. The Kier molecular flexibility index (Phi) is 7.83. The van der Waals surface area contributed by atoms with Gasteiger partial charge in [-0.1, -0.05) is 62.9 Å². The average molecular weight is 288 g/mol. The third-order valence-electron chi connectivity index (χ3n) is 4.51. The van der Waals surface area contributed by atoms with Crippen LogP contribution in [0.5, 0.6) is 0 Å². The van der Waals surface area contributed by atoms with Gasteiger partial charge in [-0.15, -0.1) is 0 Å². The molecule has 1 fully saturated rings. The zero-order valence-corrected chi connectivity index (χ0v) is 13.8. The second-order valence-corrected chi connectivity index (χ2v) is 6.37. The van der Waals surface area contributed by atoms with Gasteiger partial charge in [0.25, 0.3) is 0 Å². The molecule has 0 atom stereocenters. The Bertz CT molecular complexity index is 363. The fourth-order valence-corrected chi connectivity index (χ4v) is 3.19. The van der Waals surface area contributed by atoms with Crippen molar-refractivity contribution in [1.82, 2.24) is 9.80 Å². The number of unbranched alkanes of at least 4 members (excludes halogenated alkanes) is 4. The van der Waals surface area contributed by atoms with E-state index in [1.54, 1.807) is 0 Å². The average Bonchev–Trinajstić information content (AvgIpc) is 2.74. The molecule has 2 rings (SSSR count). The summed E-state index contributed by atoms with van der Waals surface area (Å²) in [5.74, 6) is 0. The van der Waals surface area contributed by atoms with Gasteiger partial charge in [0.1, 0.15) is 0 Å². The Morgan fingerprint density at radius 2 is 1.52 bits per heavy atom. The highest BCUT2D eigenvalue weighted by Crippen LogP contribution is 2.10. The van der Waals surface area contributed by atoms with Gasteiger partial charge in [0.05, 0.1) is 0 Å². The normalized spacial score (nSPS) is 17.8. The molecule has 118 valence electrons. The summed E-state index contributed by atoms with van der Waals surface area (Å²) in [5.41, 5.74) is 1.45. The standard InChI is InChI=1S/C19H32N2/c1-2-3-4-5-9-13-20-14-10-15-21(17-16-20)18-19-11-7-6-8-12-19/h6-8,11-12H,2-5,9-10,13-18H2,1H3. The maximum absolute atomic E-state index is 2.68. The lowest BCUT2D eigenvalue weighted by Crippen LogP contribution is -2.31. The second kappa shape index (κ2) is 9.97. The van der Waals surface area contributed by atoms with Crippen LogP contribution in [0, 0.1) is 0 Å². The summed E-state index contributed by atoms with van der Waals surface area (Å²) in [6, 6.07) is 10.9. The number of rotatable bonds is 8. The van der Waals surface area contributed by atoms with E-state index in [-0.39, 0.29) is 0 Å². The fraction of sp³-hybridized carbons (Fsp3) is 0.684. The van der Waals surface area contributed by atoms with E-state index in [1.807, 2.05) is 0 Å². The summed E-state index contributed by atoms with van der Waals surface area (Å²) in [5, 5.41) is 0. The van der Waals surface area contributed by atoms with Gasteiger partial charge < -0.3 is 4.90 Å². The minimum Gasteiger partial charge on any atom is -0.302 e. The van der Waals surface area contributed by atoms with Gasteiger partial charge in [0.15, 0.2) is 0 Å². The number of benzene rings is 1. The van der Waals surface area contributed by atoms with E-state index >= 15 is 0 Å². The first kappa shape index (κ1) is 16.5. The lowest BCUT2D eigenvalue weighted by Gasteiger charge is -2.21. The Morgan fingerprint density at radius 1 is 0.810 bits per heavy atom. The molecule has 2 heteroatoms. The Hall–Kier alpha value is -0.860. The third-order valence-corrected chi connectivity index (χ3v) is 4.51. The van der Waals surface area contributed by atoms with Crippen LogP contribution in [0.4, 0.5) is 0 Å². The maximum Gasteiger partial charge on any atom is 0.0234 e. The molecule has 1 aliphatic heterocycles. The van der Waals surface area contributed by atoms with Gasteiger partial charge in [-0.05, 0) is 38.0 Å². The SMILES string of the molecule is CCCCCCCN1CCCN(Cc2ccccc2)CC1. The van der Waals surface area contributed by atoms with Crippen molar-refractivity contribution in [2.75, 3.05) is 32.7 Å². The van der Waals surface area contributed by atoms with Gasteiger partial charge in [-0.25, -0.2) is 0 Å². The van der Waals surface area contributed by atoms with E-state index in [4.69, 9.17) is 0 Å².